The molecule has 2 N–H and O–H groups in total. The number of hydrogen-bond acceptors (Lipinski definition) is 8. The maximum Gasteiger partial charge on any atom is 0.434 e. The molecule has 0 fully saturated rings. The smallest absolute Gasteiger partial charge is 0.434 e. The van der Waals surface area contributed by atoms with E-state index in [0.717, 1.165) is 0 Å². The number of benzene rings is 2. The van der Waals surface area contributed by atoms with Gasteiger partial charge in [0.2, 0.25) is 15.9 Å². The Hall–Kier alpha value is -3.13. The molecule has 11 nitrogen and oxygen atoms in total. The average molecular weight is 617 g/mol. The zero-order valence-electron chi connectivity index (χ0n) is 22.2. The Morgan fingerprint density at radius 1 is 1.23 bits per heavy atom. The molecule has 216 valence electrons. The van der Waals surface area contributed by atoms with Crippen LogP contribution in [0.25, 0.3) is 0 Å². The Balaban J connectivity index is 1.80. The van der Waals surface area contributed by atoms with Crippen LogP contribution in [0.3, 0.4) is 0 Å². The molecule has 1 amide bonds. The van der Waals surface area contributed by atoms with Crippen molar-refractivity contribution in [2.45, 2.75) is 57.1 Å². The molecule has 3 aromatic rings. The molecule has 0 unspecified atom stereocenters. The van der Waals surface area contributed by atoms with Crippen molar-refractivity contribution >= 4 is 45.0 Å². The van der Waals surface area contributed by atoms with Gasteiger partial charge in [-0.2, -0.15) is 4.72 Å². The van der Waals surface area contributed by atoms with Gasteiger partial charge in [-0.05, 0) is 63.1 Å². The van der Waals surface area contributed by atoms with Crippen molar-refractivity contribution in [2.24, 2.45) is 0 Å². The number of anilines is 1. The van der Waals surface area contributed by atoms with Gasteiger partial charge in [0.15, 0.2) is 5.75 Å². The zero-order chi connectivity index (χ0) is 29.6. The molecule has 40 heavy (non-hydrogen) atoms. The Morgan fingerprint density at radius 2 is 1.90 bits per heavy atom. The minimum Gasteiger partial charge on any atom is -0.488 e. The first-order valence-corrected chi connectivity index (χ1v) is 14.3. The molecule has 1 aliphatic rings. The van der Waals surface area contributed by atoms with Crippen LogP contribution < -0.4 is 20.1 Å². The van der Waals surface area contributed by atoms with Gasteiger partial charge in [-0.15, -0.1) is 5.10 Å². The first kappa shape index (κ1) is 29.8. The molecular weight excluding hydrogens is 590 g/mol. The lowest BCUT2D eigenvalue weighted by Crippen LogP contribution is -2.42. The number of nitrogens with one attached hydrogen (secondary N) is 2. The maximum atomic E-state index is 14.5. The van der Waals surface area contributed by atoms with E-state index in [0.29, 0.717) is 0 Å². The van der Waals surface area contributed by atoms with E-state index in [1.807, 2.05) is 0 Å². The van der Waals surface area contributed by atoms with E-state index >= 15 is 0 Å². The number of aromatic amines is 1. The van der Waals surface area contributed by atoms with Crippen LogP contribution in [-0.4, -0.2) is 43.5 Å². The molecule has 1 aromatic heterocycles. The summed E-state index contributed by atoms with van der Waals surface area (Å²) in [5.41, 5.74) is -0.335. The highest BCUT2D eigenvalue weighted by molar-refractivity contribution is 7.89. The number of amides is 1. The molecular formula is C25H27Cl2FN4O7S. The van der Waals surface area contributed by atoms with Gasteiger partial charge in [-0.3, -0.25) is 4.90 Å². The number of rotatable bonds is 6. The standard InChI is InChI=1S/C25H27Cl2FN4O7S/c1-12-16(28)8-6-14(26)18(12)13(2)19(22-29-30-23(33)38-22)31-40(35,36)17-9-7-15(27)20-21(17)37-11-10-32(20)24(34)39-25(3,4)5/h6-9,13,19,31H,10-11H2,1-5H3,(H,30,33)/t13-,19+/m1/s1. The topological polar surface area (TPSA) is 144 Å². The highest BCUT2D eigenvalue weighted by atomic mass is 35.5. The molecule has 1 aliphatic heterocycles. The number of hydrogen-bond donors (Lipinski definition) is 2. The molecule has 0 spiro atoms. The number of carbonyl (C=O) groups excluding carboxylic acids is 1. The number of halogens is 3. The second-order valence-electron chi connectivity index (χ2n) is 10.1. The van der Waals surface area contributed by atoms with Crippen LogP contribution in [0.15, 0.2) is 38.4 Å². The fourth-order valence-corrected chi connectivity index (χ4v) is 6.39. The van der Waals surface area contributed by atoms with E-state index in [4.69, 9.17) is 37.1 Å². The summed E-state index contributed by atoms with van der Waals surface area (Å²) in [6, 6.07) is 3.73. The van der Waals surface area contributed by atoms with E-state index in [9.17, 15) is 22.4 Å². The summed E-state index contributed by atoms with van der Waals surface area (Å²) in [6.07, 6.45) is -0.734. The molecule has 0 saturated carbocycles. The highest BCUT2D eigenvalue weighted by Crippen LogP contribution is 2.44. The minimum absolute atomic E-state index is 0.0185. The summed E-state index contributed by atoms with van der Waals surface area (Å²) in [6.45, 7) is 8.18. The summed E-state index contributed by atoms with van der Waals surface area (Å²) in [7, 11) is -4.49. The van der Waals surface area contributed by atoms with Crippen molar-refractivity contribution in [3.8, 4) is 5.75 Å². The molecule has 2 aromatic carbocycles. The lowest BCUT2D eigenvalue weighted by molar-refractivity contribution is 0.0567. The maximum absolute atomic E-state index is 14.5. The van der Waals surface area contributed by atoms with Crippen molar-refractivity contribution in [3.63, 3.8) is 0 Å². The first-order valence-electron chi connectivity index (χ1n) is 12.1. The number of nitrogens with zero attached hydrogens (tertiary/aromatic N) is 2. The number of sulfonamides is 1. The van der Waals surface area contributed by atoms with Gasteiger partial charge in [-0.1, -0.05) is 30.1 Å². The van der Waals surface area contributed by atoms with Crippen LogP contribution in [0, 0.1) is 12.7 Å². The largest absolute Gasteiger partial charge is 0.488 e. The number of H-pyrrole nitrogens is 1. The Morgan fingerprint density at radius 3 is 2.52 bits per heavy atom. The summed E-state index contributed by atoms with van der Waals surface area (Å²) in [5.74, 6) is -2.83. The third-order valence-corrected chi connectivity index (χ3v) is 8.23. The molecule has 0 radical (unpaired) electrons. The molecule has 15 heteroatoms. The van der Waals surface area contributed by atoms with Crippen LogP contribution in [0.2, 0.25) is 10.0 Å². The van der Waals surface area contributed by atoms with E-state index in [1.54, 1.807) is 27.7 Å². The van der Waals surface area contributed by atoms with Crippen molar-refractivity contribution in [1.82, 2.24) is 14.9 Å². The fourth-order valence-electron chi connectivity index (χ4n) is 4.35. The average Bonchev–Trinajstić information content (AvgIpc) is 3.29. The van der Waals surface area contributed by atoms with Crippen LogP contribution >= 0.6 is 23.2 Å². The molecule has 4 rings (SSSR count). The quantitative estimate of drug-likeness (QED) is 0.390. The zero-order valence-corrected chi connectivity index (χ0v) is 24.5. The number of ether oxygens (including phenoxy) is 2. The van der Waals surface area contributed by atoms with E-state index in [2.05, 4.69) is 14.9 Å². The van der Waals surface area contributed by atoms with E-state index < -0.39 is 45.3 Å². The van der Waals surface area contributed by atoms with Crippen molar-refractivity contribution in [1.29, 1.82) is 0 Å². The van der Waals surface area contributed by atoms with Crippen molar-refractivity contribution in [3.05, 3.63) is 67.7 Å². The van der Waals surface area contributed by atoms with Crippen molar-refractivity contribution in [2.75, 3.05) is 18.1 Å². The van der Waals surface area contributed by atoms with Crippen LogP contribution in [0.4, 0.5) is 14.9 Å². The lowest BCUT2D eigenvalue weighted by atomic mass is 9.90. The SMILES string of the molecule is Cc1c(F)ccc(Cl)c1[C@@H](C)[C@H](NS(=O)(=O)c1ccc(Cl)c2c1OCCN2C(=O)OC(C)(C)C)c1n[nH]c(=O)o1. The van der Waals surface area contributed by atoms with Gasteiger partial charge >= 0.3 is 11.8 Å². The van der Waals surface area contributed by atoms with Gasteiger partial charge < -0.3 is 13.9 Å². The number of fused-ring (bicyclic) bond motifs is 1. The molecule has 2 heterocycles. The van der Waals surface area contributed by atoms with E-state index in [-0.39, 0.29) is 56.5 Å². The van der Waals surface area contributed by atoms with Gasteiger partial charge in [0.05, 0.1) is 11.6 Å². The molecule has 2 atom stereocenters. The molecule has 0 bridgehead atoms. The second-order valence-corrected chi connectivity index (χ2v) is 12.6. The molecule has 0 aliphatic carbocycles. The second kappa shape index (κ2) is 11.0. The van der Waals surface area contributed by atoms with Gasteiger partial charge in [-0.25, -0.2) is 27.5 Å². The predicted octanol–water partition coefficient (Wildman–Crippen LogP) is 5.07. The van der Waals surface area contributed by atoms with Crippen LogP contribution in [0.1, 0.15) is 56.7 Å². The Bertz CT molecular complexity index is 1620. The number of carbonyl (C=O) groups is 1. The Kier molecular flexibility index (Phi) is 8.23. The lowest BCUT2D eigenvalue weighted by Gasteiger charge is -2.33. The van der Waals surface area contributed by atoms with Gasteiger partial charge in [0.25, 0.3) is 0 Å². The van der Waals surface area contributed by atoms with E-state index in [1.165, 1.54) is 36.1 Å². The summed E-state index contributed by atoms with van der Waals surface area (Å²) in [4.78, 5) is 25.5. The number of aromatic nitrogens is 2. The monoisotopic (exact) mass is 616 g/mol. The predicted molar refractivity (Wildman–Crippen MR) is 145 cm³/mol. The first-order chi connectivity index (χ1) is 18.6. The minimum atomic E-state index is -4.49. The normalized spacial score (nSPS) is 15.2. The fraction of sp³-hybridized carbons (Fsp3) is 0.400. The summed E-state index contributed by atoms with van der Waals surface area (Å²) < 4.78 is 60.9. The van der Waals surface area contributed by atoms with Crippen molar-refractivity contribution < 1.29 is 31.5 Å². The summed E-state index contributed by atoms with van der Waals surface area (Å²) in [5, 5.41) is 6.14. The van der Waals surface area contributed by atoms with Gasteiger partial charge in [0.1, 0.15) is 34.6 Å². The summed E-state index contributed by atoms with van der Waals surface area (Å²) >= 11 is 12.8. The van der Waals surface area contributed by atoms with Crippen LogP contribution in [0.5, 0.6) is 5.75 Å². The highest BCUT2D eigenvalue weighted by Gasteiger charge is 2.38. The Labute approximate surface area is 239 Å². The molecule has 0 saturated heterocycles. The van der Waals surface area contributed by atoms with Crippen LogP contribution in [-0.2, 0) is 14.8 Å². The third-order valence-electron chi connectivity index (χ3n) is 6.13. The third kappa shape index (κ3) is 5.97. The van der Waals surface area contributed by atoms with Gasteiger partial charge in [0, 0.05) is 10.9 Å².